The summed E-state index contributed by atoms with van der Waals surface area (Å²) in [6.07, 6.45) is 22.5. The van der Waals surface area contributed by atoms with Crippen molar-refractivity contribution in [2.75, 3.05) is 87.7 Å². The van der Waals surface area contributed by atoms with Gasteiger partial charge >= 0.3 is 18.3 Å². The Morgan fingerprint density at radius 1 is 0.470 bits per heavy atom. The molecule has 704 valence electrons. The Morgan fingerprint density at radius 3 is 1.25 bits per heavy atom. The minimum Gasteiger partial charge on any atom is -0.444 e. The van der Waals surface area contributed by atoms with Crippen LogP contribution in [-0.2, 0) is 80.4 Å². The summed E-state index contributed by atoms with van der Waals surface area (Å²) >= 11 is 5.74. The summed E-state index contributed by atoms with van der Waals surface area (Å²) in [5.74, 6) is 3.14. The molecule has 10 aromatic rings. The van der Waals surface area contributed by atoms with Crippen molar-refractivity contribution in [3.05, 3.63) is 225 Å². The summed E-state index contributed by atoms with van der Waals surface area (Å²) in [4.78, 5) is 124. The lowest BCUT2D eigenvalue weighted by atomic mass is 9.97. The van der Waals surface area contributed by atoms with Crippen LogP contribution < -0.4 is 16.0 Å². The molecule has 5 aliphatic rings. The standard InChI is InChI=1S/2C24H31N7O4.C14H13N5O2.C12H23NO5S.C9H11NO2.C6H4ClN3/c1-24(2,3)35-23(32)29-12-9-18(10-13-29)15-30-21-20(14-28-30)26-16-27-22(21)25-11-8-17-4-6-19(7-5-17)31(33)34;1-24(2,3)35-23(32)29-12-9-18(10-13-29)14-30-15-20-21(28-30)22(27-16-26-20)25-11-8-17-4-6-19(7-5-17)31(33)34;20-19(21)11-3-1-10(2-4-11)5-6-16-14-12-7-15-8-13(12)17-9-18-14;1-12(2,3)18-11(14)13-7-5-10(6-8-13)9-17-19(4,15)16;1-2-3-8-4-6-9(7-5-8)10(11)12;7-6-4-1-8-2-5(4)9-3-10-6/h4-7,14,16,18H,8-13,15H2,1-3H3,(H,25,26,27);4-7,15-16,18H,8-14H2,1-3H3,(H,25,26,27);1-4,8-9H,5-7H2,(H,16,17,18);10H,5-9H2,1-4H3;4-7H,2-3H2,1H3;2-3H,1H2. The molecule has 0 bridgehead atoms. The highest BCUT2D eigenvalue weighted by molar-refractivity contribution is 7.86. The number of carbonyl (C=O) groups excluding carboxylic acids is 3. The van der Waals surface area contributed by atoms with Crippen LogP contribution in [0.4, 0.5) is 54.6 Å². The number of carbonyl (C=O) groups is 3. The van der Waals surface area contributed by atoms with E-state index < -0.39 is 41.7 Å². The number of hydrogen-bond donors (Lipinski definition) is 3. The maximum absolute atomic E-state index is 12.3. The molecule has 4 aromatic carbocycles. The fourth-order valence-corrected chi connectivity index (χ4v) is 14.9. The second kappa shape index (κ2) is 47.4. The van der Waals surface area contributed by atoms with E-state index in [2.05, 4.69) is 77.8 Å². The van der Waals surface area contributed by atoms with E-state index in [0.29, 0.717) is 119 Å². The van der Waals surface area contributed by atoms with Crippen molar-refractivity contribution >= 4 is 115 Å². The molecule has 6 aromatic heterocycles. The molecule has 0 radical (unpaired) electrons. The number of piperidine rings is 3. The molecule has 0 saturated carbocycles. The number of aromatic nitrogens is 12. The lowest BCUT2D eigenvalue weighted by Gasteiger charge is -2.33. The number of anilines is 3. The third-order valence-corrected chi connectivity index (χ3v) is 21.9. The van der Waals surface area contributed by atoms with Gasteiger partial charge in [0.05, 0.1) is 69.4 Å². The van der Waals surface area contributed by atoms with Crippen LogP contribution in [0.25, 0.3) is 22.1 Å². The Hall–Kier alpha value is -13.5. The number of non-ortho nitro benzene ring substituents is 4. The molecule has 0 spiro atoms. The summed E-state index contributed by atoms with van der Waals surface area (Å²) in [6.45, 7) is 27.5. The number of nitrogens with zero attached hydrogens (tertiary/aromatic N) is 21. The Labute approximate surface area is 769 Å². The fourth-order valence-electron chi connectivity index (χ4n) is 14.2. The van der Waals surface area contributed by atoms with Crippen molar-refractivity contribution in [2.45, 2.75) is 183 Å². The quantitative estimate of drug-likeness (QED) is 0.0157. The van der Waals surface area contributed by atoms with Gasteiger partial charge in [-0.25, -0.2) is 54.3 Å². The SMILES string of the molecule is CC(C)(C)OC(=O)N1CCC(COS(C)(=O)=O)CC1.CC(C)(C)OC(=O)N1CCC(Cn2cc3ncnc(NCCc4ccc([N+](=O)[O-])cc4)c3n2)CC1.CC(C)(C)OC(=O)N1CCC(Cn2ncc3ncnc(NCCc4ccc([N+](=O)[O-])cc4)c32)CC1.CCCc1ccc([N+](=O)[O-])cc1.Clc1ncnc2c1CN=C2.O=[N+]([O-])c1ccc(CCNc2ncnc3c2CN=C3)cc1. The van der Waals surface area contributed by atoms with Gasteiger partial charge in [-0.2, -0.15) is 18.6 Å². The predicted molar refractivity (Wildman–Crippen MR) is 498 cm³/mol. The molecular formula is C89H113ClN24O17S. The Bertz CT molecular complexity index is 5730. The number of aliphatic imine (C=N–C) groups is 2. The first-order chi connectivity index (χ1) is 62.8. The number of fused-ring (bicyclic) bond motifs is 4. The summed E-state index contributed by atoms with van der Waals surface area (Å²) in [5.41, 5.74) is 9.91. The van der Waals surface area contributed by atoms with Gasteiger partial charge in [-0.1, -0.05) is 73.5 Å². The number of ether oxygens (including phenoxy) is 3. The van der Waals surface area contributed by atoms with E-state index in [1.54, 1.807) is 81.9 Å². The van der Waals surface area contributed by atoms with E-state index in [1.165, 1.54) is 61.7 Å². The molecule has 41 nitrogen and oxygen atoms in total. The first-order valence-corrected chi connectivity index (χ1v) is 45.6. The highest BCUT2D eigenvalue weighted by Gasteiger charge is 2.32. The summed E-state index contributed by atoms with van der Waals surface area (Å²) in [5, 5.41) is 62.2. The number of likely N-dealkylation sites (tertiary alicyclic amines) is 3. The maximum Gasteiger partial charge on any atom is 0.410 e. The molecule has 3 fully saturated rings. The van der Waals surface area contributed by atoms with E-state index in [4.69, 9.17) is 35.1 Å². The number of halogens is 1. The molecule has 0 aliphatic carbocycles. The zero-order valence-corrected chi connectivity index (χ0v) is 77.5. The molecule has 3 saturated heterocycles. The van der Waals surface area contributed by atoms with Crippen LogP contribution >= 0.6 is 11.6 Å². The van der Waals surface area contributed by atoms with E-state index in [9.17, 15) is 63.3 Å². The van der Waals surface area contributed by atoms with Crippen molar-refractivity contribution < 1.29 is 60.9 Å². The first kappa shape index (κ1) is 101. The highest BCUT2D eigenvalue weighted by atomic mass is 35.5. The van der Waals surface area contributed by atoms with Crippen LogP contribution in [0.3, 0.4) is 0 Å². The van der Waals surface area contributed by atoms with Crippen molar-refractivity contribution in [2.24, 2.45) is 27.7 Å². The van der Waals surface area contributed by atoms with E-state index in [0.717, 1.165) is 144 Å². The Morgan fingerprint density at radius 2 is 0.833 bits per heavy atom. The average molecular weight is 1860 g/mol. The number of nitro benzene ring substituents is 4. The summed E-state index contributed by atoms with van der Waals surface area (Å²) < 4.78 is 46.7. The number of hydrogen-bond acceptors (Lipinski definition) is 32. The number of rotatable bonds is 25. The van der Waals surface area contributed by atoms with Crippen molar-refractivity contribution in [3.8, 4) is 0 Å². The van der Waals surface area contributed by atoms with Crippen LogP contribution in [0, 0.1) is 58.2 Å². The number of nitro groups is 4. The predicted octanol–water partition coefficient (Wildman–Crippen LogP) is 15.3. The van der Waals surface area contributed by atoms with Gasteiger partial charge < -0.3 is 44.9 Å². The van der Waals surface area contributed by atoms with Gasteiger partial charge in [-0.3, -0.25) is 64.0 Å². The van der Waals surface area contributed by atoms with Gasteiger partial charge in [0.1, 0.15) is 69.6 Å². The molecule has 3 amide bonds. The monoisotopic (exact) mass is 1860 g/mol. The van der Waals surface area contributed by atoms with Crippen LogP contribution in [-0.4, -0.2) is 222 Å². The van der Waals surface area contributed by atoms with Crippen LogP contribution in [0.1, 0.15) is 159 Å². The summed E-state index contributed by atoms with van der Waals surface area (Å²) in [7, 11) is -3.38. The molecule has 0 unspecified atom stereocenters. The van der Waals surface area contributed by atoms with Crippen LogP contribution in [0.2, 0.25) is 5.15 Å². The second-order valence-electron chi connectivity index (χ2n) is 34.8. The molecule has 132 heavy (non-hydrogen) atoms. The van der Waals surface area contributed by atoms with E-state index >= 15 is 0 Å². The molecule has 0 atom stereocenters. The zero-order valence-electron chi connectivity index (χ0n) is 75.9. The lowest BCUT2D eigenvalue weighted by molar-refractivity contribution is -0.385. The van der Waals surface area contributed by atoms with Gasteiger partial charge in [0.25, 0.3) is 32.9 Å². The highest BCUT2D eigenvalue weighted by Crippen LogP contribution is 2.30. The smallest absolute Gasteiger partial charge is 0.410 e. The Kier molecular flexibility index (Phi) is 36.1. The average Bonchev–Trinajstić information content (AvgIpc) is 1.65. The maximum atomic E-state index is 12.3. The number of amides is 3. The molecule has 5 aliphatic heterocycles. The number of aryl methyl sites for hydroxylation is 1. The second-order valence-corrected chi connectivity index (χ2v) is 36.8. The normalized spacial score (nSPS) is 14.3. The molecule has 11 heterocycles. The molecule has 15 rings (SSSR count). The number of benzene rings is 4. The molecule has 3 N–H and O–H groups in total. The van der Waals surface area contributed by atoms with Crippen molar-refractivity contribution in [1.29, 1.82) is 0 Å². The topological polar surface area (TPSA) is 504 Å². The minimum absolute atomic E-state index is 0.0834. The van der Waals surface area contributed by atoms with E-state index in [-0.39, 0.29) is 58.5 Å². The summed E-state index contributed by atoms with van der Waals surface area (Å²) in [6, 6.07) is 26.4. The van der Waals surface area contributed by atoms with Gasteiger partial charge in [-0.05, 0) is 167 Å². The van der Waals surface area contributed by atoms with Crippen molar-refractivity contribution in [3.63, 3.8) is 0 Å². The van der Waals surface area contributed by atoms with Crippen molar-refractivity contribution in [1.82, 2.24) is 74.1 Å². The fraction of sp³-hybridized carbons (Fsp3) is 0.472. The van der Waals surface area contributed by atoms with Gasteiger partial charge in [0, 0.05) is 144 Å². The molecule has 43 heteroatoms. The first-order valence-electron chi connectivity index (χ1n) is 43.4. The van der Waals surface area contributed by atoms with Gasteiger partial charge in [-0.15, -0.1) is 0 Å². The number of nitrogens with one attached hydrogen (secondary N) is 3. The third-order valence-electron chi connectivity index (χ3n) is 21.0. The van der Waals surface area contributed by atoms with Crippen LogP contribution in [0.15, 0.2) is 145 Å². The lowest BCUT2D eigenvalue weighted by Crippen LogP contribution is -2.42. The van der Waals surface area contributed by atoms with Crippen LogP contribution in [0.5, 0.6) is 0 Å². The van der Waals surface area contributed by atoms with Gasteiger partial charge in [0.15, 0.2) is 17.2 Å². The Balaban J connectivity index is 0.000000173. The molecular weight excluding hydrogens is 1740 g/mol. The minimum atomic E-state index is -3.38. The zero-order chi connectivity index (χ0) is 95.3. The third kappa shape index (κ3) is 32.3. The van der Waals surface area contributed by atoms with Gasteiger partial charge in [0.2, 0.25) is 0 Å². The largest absolute Gasteiger partial charge is 0.444 e. The van der Waals surface area contributed by atoms with E-state index in [1.807, 2.05) is 90.0 Å².